The monoisotopic (exact) mass is 431 g/mol. The van der Waals surface area contributed by atoms with E-state index in [1.165, 1.54) is 0 Å². The first-order valence-electron chi connectivity index (χ1n) is 10.3. The van der Waals surface area contributed by atoms with E-state index in [0.717, 1.165) is 38.9 Å². The van der Waals surface area contributed by atoms with Crippen molar-refractivity contribution in [1.82, 2.24) is 9.55 Å². The zero-order chi connectivity index (χ0) is 21.4. The van der Waals surface area contributed by atoms with Crippen molar-refractivity contribution in [3.63, 3.8) is 0 Å². The van der Waals surface area contributed by atoms with Crippen LogP contribution in [0.15, 0.2) is 72.8 Å². The minimum Gasteiger partial charge on any atom is -0.497 e. The summed E-state index contributed by atoms with van der Waals surface area (Å²) in [7, 11) is 1.63. The van der Waals surface area contributed by atoms with Gasteiger partial charge in [-0.3, -0.25) is 4.79 Å². The van der Waals surface area contributed by atoms with E-state index in [1.54, 1.807) is 7.11 Å². The van der Waals surface area contributed by atoms with E-state index in [2.05, 4.69) is 10.6 Å². The lowest BCUT2D eigenvalue weighted by atomic mass is 10.1. The minimum atomic E-state index is 0.00416. The molecule has 31 heavy (non-hydrogen) atoms. The molecule has 156 valence electrons. The van der Waals surface area contributed by atoms with Crippen LogP contribution in [0.5, 0.6) is 5.75 Å². The number of halogens is 1. The number of para-hydroxylation sites is 2. The molecule has 1 fully saturated rings. The van der Waals surface area contributed by atoms with E-state index in [4.69, 9.17) is 21.3 Å². The Kier molecular flexibility index (Phi) is 5.12. The lowest BCUT2D eigenvalue weighted by molar-refractivity contribution is -0.117. The third-order valence-corrected chi connectivity index (χ3v) is 6.21. The molecular weight excluding hydrogens is 410 g/mol. The number of amides is 1. The van der Waals surface area contributed by atoms with Crippen LogP contribution in [0.4, 0.5) is 5.69 Å². The fourth-order valence-corrected chi connectivity index (χ4v) is 4.46. The van der Waals surface area contributed by atoms with Crippen LogP contribution in [-0.4, -0.2) is 29.1 Å². The molecule has 1 aliphatic rings. The Morgan fingerprint density at radius 1 is 1.03 bits per heavy atom. The molecule has 6 heteroatoms. The molecule has 0 bridgehead atoms. The topological polar surface area (TPSA) is 47.4 Å². The van der Waals surface area contributed by atoms with Gasteiger partial charge >= 0.3 is 0 Å². The van der Waals surface area contributed by atoms with Crippen LogP contribution in [0, 0.1) is 0 Å². The number of aromatic nitrogens is 2. The number of hydrogen-bond acceptors (Lipinski definition) is 3. The summed E-state index contributed by atoms with van der Waals surface area (Å²) < 4.78 is 7.44. The van der Waals surface area contributed by atoms with Crippen LogP contribution >= 0.6 is 11.6 Å². The maximum absolute atomic E-state index is 12.9. The second kappa shape index (κ2) is 8.08. The molecule has 0 saturated carbocycles. The van der Waals surface area contributed by atoms with E-state index in [0.29, 0.717) is 19.5 Å². The SMILES string of the molecule is COc1ccc(N2C[C@H](c3nc4ccccc4n3Cc3ccccc3Cl)CC2=O)cc1. The van der Waals surface area contributed by atoms with Crippen LogP contribution in [0.2, 0.25) is 5.02 Å². The lowest BCUT2D eigenvalue weighted by Gasteiger charge is -2.18. The Bertz CT molecular complexity index is 1250. The summed E-state index contributed by atoms with van der Waals surface area (Å²) in [4.78, 5) is 19.7. The smallest absolute Gasteiger partial charge is 0.227 e. The Hall–Kier alpha value is -3.31. The van der Waals surface area contributed by atoms with Crippen LogP contribution < -0.4 is 9.64 Å². The summed E-state index contributed by atoms with van der Waals surface area (Å²) in [5.41, 5.74) is 3.89. The van der Waals surface area contributed by atoms with Gasteiger partial charge in [0.25, 0.3) is 0 Å². The van der Waals surface area contributed by atoms with Crippen molar-refractivity contribution in [1.29, 1.82) is 0 Å². The highest BCUT2D eigenvalue weighted by atomic mass is 35.5. The van der Waals surface area contributed by atoms with E-state index >= 15 is 0 Å². The van der Waals surface area contributed by atoms with E-state index in [1.807, 2.05) is 71.6 Å². The number of nitrogens with zero attached hydrogens (tertiary/aromatic N) is 3. The van der Waals surface area contributed by atoms with Crippen molar-refractivity contribution in [3.05, 3.63) is 89.2 Å². The molecule has 0 N–H and O–H groups in total. The van der Waals surface area contributed by atoms with Crippen molar-refractivity contribution in [3.8, 4) is 5.75 Å². The van der Waals surface area contributed by atoms with Gasteiger partial charge in [0, 0.05) is 29.6 Å². The van der Waals surface area contributed by atoms with Crippen LogP contribution in [0.25, 0.3) is 11.0 Å². The first kappa shape index (κ1) is 19.6. The Balaban J connectivity index is 1.51. The van der Waals surface area contributed by atoms with Gasteiger partial charge in [-0.1, -0.05) is 41.9 Å². The second-order valence-electron chi connectivity index (χ2n) is 7.74. The first-order chi connectivity index (χ1) is 15.1. The normalized spacial score (nSPS) is 16.3. The molecule has 5 nitrogen and oxygen atoms in total. The number of rotatable bonds is 5. The highest BCUT2D eigenvalue weighted by Crippen LogP contribution is 2.34. The van der Waals surface area contributed by atoms with Gasteiger partial charge in [-0.15, -0.1) is 0 Å². The number of ether oxygens (including phenoxy) is 1. The lowest BCUT2D eigenvalue weighted by Crippen LogP contribution is -2.24. The number of methoxy groups -OCH3 is 1. The van der Waals surface area contributed by atoms with Crippen molar-refractivity contribution < 1.29 is 9.53 Å². The van der Waals surface area contributed by atoms with E-state index < -0.39 is 0 Å². The van der Waals surface area contributed by atoms with E-state index in [-0.39, 0.29) is 11.8 Å². The van der Waals surface area contributed by atoms with Crippen molar-refractivity contribution >= 4 is 34.2 Å². The number of imidazole rings is 1. The fraction of sp³-hybridized carbons (Fsp3) is 0.200. The Morgan fingerprint density at radius 2 is 1.77 bits per heavy atom. The molecule has 1 amide bonds. The van der Waals surface area contributed by atoms with Crippen molar-refractivity contribution in [2.45, 2.75) is 18.9 Å². The summed E-state index contributed by atoms with van der Waals surface area (Å²) in [6, 6.07) is 23.5. The molecule has 1 aliphatic heterocycles. The minimum absolute atomic E-state index is 0.00416. The highest BCUT2D eigenvalue weighted by molar-refractivity contribution is 6.31. The molecule has 3 aromatic carbocycles. The quantitative estimate of drug-likeness (QED) is 0.432. The predicted octanol–water partition coefficient (Wildman–Crippen LogP) is 5.27. The molecule has 0 unspecified atom stereocenters. The molecule has 1 atom stereocenters. The molecule has 0 spiro atoms. The van der Waals surface area contributed by atoms with Gasteiger partial charge in [-0.05, 0) is 48.0 Å². The number of hydrogen-bond donors (Lipinski definition) is 0. The zero-order valence-electron chi connectivity index (χ0n) is 17.2. The summed E-state index contributed by atoms with van der Waals surface area (Å²) in [6.07, 6.45) is 0.428. The number of carbonyl (C=O) groups is 1. The summed E-state index contributed by atoms with van der Waals surface area (Å²) >= 11 is 6.45. The molecule has 1 aromatic heterocycles. The van der Waals surface area contributed by atoms with Gasteiger partial charge < -0.3 is 14.2 Å². The van der Waals surface area contributed by atoms with Crippen LogP contribution in [0.3, 0.4) is 0 Å². The van der Waals surface area contributed by atoms with Gasteiger partial charge in [-0.25, -0.2) is 4.98 Å². The third kappa shape index (κ3) is 3.66. The second-order valence-corrected chi connectivity index (χ2v) is 8.15. The van der Waals surface area contributed by atoms with Gasteiger partial charge in [-0.2, -0.15) is 0 Å². The third-order valence-electron chi connectivity index (χ3n) is 5.84. The largest absolute Gasteiger partial charge is 0.497 e. The fourth-order valence-electron chi connectivity index (χ4n) is 4.26. The van der Waals surface area contributed by atoms with Crippen LogP contribution in [0.1, 0.15) is 23.7 Å². The molecule has 0 aliphatic carbocycles. The summed E-state index contributed by atoms with van der Waals surface area (Å²) in [6.45, 7) is 1.21. The maximum Gasteiger partial charge on any atom is 0.227 e. The average Bonchev–Trinajstić information content (AvgIpc) is 3.36. The highest BCUT2D eigenvalue weighted by Gasteiger charge is 2.35. The Labute approximate surface area is 185 Å². The van der Waals surface area contributed by atoms with Crippen molar-refractivity contribution in [2.24, 2.45) is 0 Å². The number of carbonyl (C=O) groups excluding carboxylic acids is 1. The molecule has 1 saturated heterocycles. The standard InChI is InChI=1S/C25H22ClN3O2/c1-31-20-12-10-19(11-13-20)28-16-18(14-24(28)30)25-27-22-8-4-5-9-23(22)29(25)15-17-6-2-3-7-21(17)26/h2-13,18H,14-16H2,1H3/t18-/m1/s1. The zero-order valence-corrected chi connectivity index (χ0v) is 17.9. The molecule has 2 heterocycles. The number of anilines is 1. The molecular formula is C25H22ClN3O2. The predicted molar refractivity (Wildman–Crippen MR) is 123 cm³/mol. The molecule has 4 aromatic rings. The van der Waals surface area contributed by atoms with Gasteiger partial charge in [0.1, 0.15) is 11.6 Å². The Morgan fingerprint density at radius 3 is 2.55 bits per heavy atom. The molecule has 0 radical (unpaired) electrons. The summed E-state index contributed by atoms with van der Waals surface area (Å²) in [5, 5.41) is 0.730. The van der Waals surface area contributed by atoms with Crippen LogP contribution in [-0.2, 0) is 11.3 Å². The average molecular weight is 432 g/mol. The number of benzene rings is 3. The van der Waals surface area contributed by atoms with Gasteiger partial charge in [0.2, 0.25) is 5.91 Å². The van der Waals surface area contributed by atoms with E-state index in [9.17, 15) is 4.79 Å². The summed E-state index contributed by atoms with van der Waals surface area (Å²) in [5.74, 6) is 1.80. The van der Waals surface area contributed by atoms with Gasteiger partial charge in [0.15, 0.2) is 0 Å². The molecule has 5 rings (SSSR count). The number of fused-ring (bicyclic) bond motifs is 1. The maximum atomic E-state index is 12.9. The van der Waals surface area contributed by atoms with Gasteiger partial charge in [0.05, 0.1) is 24.7 Å². The van der Waals surface area contributed by atoms with Crippen molar-refractivity contribution in [2.75, 3.05) is 18.6 Å². The first-order valence-corrected chi connectivity index (χ1v) is 10.6.